The molecular formula is C11H11BrN2. The Labute approximate surface area is 92.3 Å². The van der Waals surface area contributed by atoms with Gasteiger partial charge in [0.15, 0.2) is 6.19 Å². The molecule has 0 radical (unpaired) electrons. The lowest BCUT2D eigenvalue weighted by Gasteiger charge is -2.17. The van der Waals surface area contributed by atoms with E-state index in [1.807, 2.05) is 12.1 Å². The van der Waals surface area contributed by atoms with Crippen LogP contribution in [0.3, 0.4) is 0 Å². The van der Waals surface area contributed by atoms with E-state index in [0.717, 1.165) is 16.7 Å². The van der Waals surface area contributed by atoms with Crippen LogP contribution in [0, 0.1) is 11.5 Å². The van der Waals surface area contributed by atoms with Gasteiger partial charge in [0.1, 0.15) is 0 Å². The SMILES string of the molecule is CC1(C)CN(C#N)c2ccc(Br)cc21. The highest BCUT2D eigenvalue weighted by Crippen LogP contribution is 2.41. The average molecular weight is 251 g/mol. The van der Waals surface area contributed by atoms with Crippen LogP contribution in [-0.2, 0) is 5.41 Å². The van der Waals surface area contributed by atoms with Crippen molar-refractivity contribution < 1.29 is 0 Å². The number of benzene rings is 1. The summed E-state index contributed by atoms with van der Waals surface area (Å²) >= 11 is 3.46. The van der Waals surface area contributed by atoms with E-state index in [2.05, 4.69) is 42.0 Å². The van der Waals surface area contributed by atoms with Gasteiger partial charge in [0, 0.05) is 16.4 Å². The van der Waals surface area contributed by atoms with E-state index >= 15 is 0 Å². The van der Waals surface area contributed by atoms with E-state index in [0.29, 0.717) is 0 Å². The predicted molar refractivity (Wildman–Crippen MR) is 60.1 cm³/mol. The molecule has 0 saturated carbocycles. The van der Waals surface area contributed by atoms with Crippen LogP contribution in [0.25, 0.3) is 0 Å². The number of halogens is 1. The molecule has 1 aliphatic heterocycles. The Hall–Kier alpha value is -1.01. The van der Waals surface area contributed by atoms with E-state index in [1.54, 1.807) is 4.90 Å². The van der Waals surface area contributed by atoms with Gasteiger partial charge in [-0.05, 0) is 23.8 Å². The van der Waals surface area contributed by atoms with Gasteiger partial charge in [-0.2, -0.15) is 5.26 Å². The molecule has 0 unspecified atom stereocenters. The molecule has 2 nitrogen and oxygen atoms in total. The van der Waals surface area contributed by atoms with Gasteiger partial charge in [-0.25, -0.2) is 0 Å². The molecule has 0 aliphatic carbocycles. The fraction of sp³-hybridized carbons (Fsp3) is 0.364. The first-order valence-electron chi connectivity index (χ1n) is 4.52. The minimum absolute atomic E-state index is 0.0643. The van der Waals surface area contributed by atoms with Crippen molar-refractivity contribution in [3.05, 3.63) is 28.2 Å². The molecule has 1 aromatic carbocycles. The van der Waals surface area contributed by atoms with E-state index in [4.69, 9.17) is 5.26 Å². The molecule has 0 spiro atoms. The van der Waals surface area contributed by atoms with Crippen molar-refractivity contribution in [1.82, 2.24) is 0 Å². The molecule has 1 aliphatic rings. The Balaban J connectivity index is 2.61. The molecule has 72 valence electrons. The van der Waals surface area contributed by atoms with Crippen LogP contribution in [0.15, 0.2) is 22.7 Å². The van der Waals surface area contributed by atoms with Crippen LogP contribution in [0.1, 0.15) is 19.4 Å². The van der Waals surface area contributed by atoms with Crippen molar-refractivity contribution >= 4 is 21.6 Å². The Morgan fingerprint density at radius 2 is 2.21 bits per heavy atom. The van der Waals surface area contributed by atoms with Crippen molar-refractivity contribution in [2.45, 2.75) is 19.3 Å². The second-order valence-electron chi connectivity index (χ2n) is 4.23. The monoisotopic (exact) mass is 250 g/mol. The van der Waals surface area contributed by atoms with Gasteiger partial charge >= 0.3 is 0 Å². The summed E-state index contributed by atoms with van der Waals surface area (Å²) in [7, 11) is 0. The summed E-state index contributed by atoms with van der Waals surface area (Å²) in [5.41, 5.74) is 2.35. The summed E-state index contributed by atoms with van der Waals surface area (Å²) in [5, 5.41) is 8.98. The highest BCUT2D eigenvalue weighted by atomic mass is 79.9. The molecule has 14 heavy (non-hydrogen) atoms. The van der Waals surface area contributed by atoms with Gasteiger partial charge < -0.3 is 0 Å². The zero-order valence-corrected chi connectivity index (χ0v) is 9.80. The van der Waals surface area contributed by atoms with Gasteiger partial charge in [0.2, 0.25) is 0 Å². The Bertz CT molecular complexity index is 418. The van der Waals surface area contributed by atoms with Crippen LogP contribution in [0.4, 0.5) is 5.69 Å². The number of fused-ring (bicyclic) bond motifs is 1. The number of rotatable bonds is 0. The summed E-state index contributed by atoms with van der Waals surface area (Å²) < 4.78 is 1.07. The standard InChI is InChI=1S/C11H11BrN2/c1-11(2)6-14(7-13)10-4-3-8(12)5-9(10)11/h3-5H,6H2,1-2H3. The molecule has 2 rings (SSSR count). The molecule has 0 N–H and O–H groups in total. The van der Waals surface area contributed by atoms with Crippen LogP contribution >= 0.6 is 15.9 Å². The third kappa shape index (κ3) is 1.31. The van der Waals surface area contributed by atoms with Crippen molar-refractivity contribution in [3.8, 4) is 6.19 Å². The largest absolute Gasteiger partial charge is 0.278 e. The van der Waals surface area contributed by atoms with E-state index in [9.17, 15) is 0 Å². The first-order chi connectivity index (χ1) is 6.54. The lowest BCUT2D eigenvalue weighted by Crippen LogP contribution is -2.24. The normalized spacial score (nSPS) is 17.7. The van der Waals surface area contributed by atoms with E-state index in [-0.39, 0.29) is 5.41 Å². The second-order valence-corrected chi connectivity index (χ2v) is 5.15. The maximum absolute atomic E-state index is 8.98. The molecule has 0 atom stereocenters. The fourth-order valence-corrected chi connectivity index (χ4v) is 2.30. The summed E-state index contributed by atoms with van der Waals surface area (Å²) in [5.74, 6) is 0. The second kappa shape index (κ2) is 2.99. The smallest absolute Gasteiger partial charge is 0.184 e. The minimum atomic E-state index is 0.0643. The van der Waals surface area contributed by atoms with Crippen molar-refractivity contribution in [2.24, 2.45) is 0 Å². The number of nitrogens with zero attached hydrogens (tertiary/aromatic N) is 2. The first kappa shape index (κ1) is 9.54. The number of anilines is 1. The van der Waals surface area contributed by atoms with Gasteiger partial charge in [0.25, 0.3) is 0 Å². The summed E-state index contributed by atoms with van der Waals surface area (Å²) in [6.07, 6.45) is 2.21. The third-order valence-corrected chi connectivity index (χ3v) is 3.15. The van der Waals surface area contributed by atoms with Crippen LogP contribution in [-0.4, -0.2) is 6.54 Å². The number of hydrogen-bond acceptors (Lipinski definition) is 2. The summed E-state index contributed by atoms with van der Waals surface area (Å²) in [6.45, 7) is 5.10. The molecule has 1 heterocycles. The Kier molecular flexibility index (Phi) is 2.04. The van der Waals surface area contributed by atoms with Gasteiger partial charge in [-0.15, -0.1) is 0 Å². The quantitative estimate of drug-likeness (QED) is 0.662. The van der Waals surface area contributed by atoms with E-state index < -0.39 is 0 Å². The van der Waals surface area contributed by atoms with Crippen LogP contribution in [0.2, 0.25) is 0 Å². The molecule has 0 saturated heterocycles. The summed E-state index contributed by atoms with van der Waals surface area (Å²) in [4.78, 5) is 1.75. The summed E-state index contributed by atoms with van der Waals surface area (Å²) in [6, 6.07) is 6.08. The van der Waals surface area contributed by atoms with Crippen LogP contribution in [0.5, 0.6) is 0 Å². The topological polar surface area (TPSA) is 27.0 Å². The minimum Gasteiger partial charge on any atom is -0.278 e. The zero-order valence-electron chi connectivity index (χ0n) is 8.21. The number of nitriles is 1. The molecule has 0 amide bonds. The Morgan fingerprint density at radius 1 is 1.50 bits per heavy atom. The van der Waals surface area contributed by atoms with Crippen LogP contribution < -0.4 is 4.90 Å². The highest BCUT2D eigenvalue weighted by Gasteiger charge is 2.35. The third-order valence-electron chi connectivity index (χ3n) is 2.65. The predicted octanol–water partition coefficient (Wildman–Crippen LogP) is 3.03. The molecule has 0 aromatic heterocycles. The lowest BCUT2D eigenvalue weighted by molar-refractivity contribution is 0.569. The Morgan fingerprint density at radius 3 is 2.86 bits per heavy atom. The molecule has 0 bridgehead atoms. The maximum Gasteiger partial charge on any atom is 0.184 e. The highest BCUT2D eigenvalue weighted by molar-refractivity contribution is 9.10. The van der Waals surface area contributed by atoms with E-state index in [1.165, 1.54) is 5.56 Å². The van der Waals surface area contributed by atoms with Gasteiger partial charge in [-0.1, -0.05) is 29.8 Å². The molecule has 0 fully saturated rings. The van der Waals surface area contributed by atoms with Crippen molar-refractivity contribution in [3.63, 3.8) is 0 Å². The molecule has 1 aromatic rings. The first-order valence-corrected chi connectivity index (χ1v) is 5.31. The lowest BCUT2D eigenvalue weighted by atomic mass is 9.87. The molecule has 3 heteroatoms. The average Bonchev–Trinajstić information content (AvgIpc) is 2.38. The van der Waals surface area contributed by atoms with Crippen molar-refractivity contribution in [2.75, 3.05) is 11.4 Å². The maximum atomic E-state index is 8.98. The number of hydrogen-bond donors (Lipinski definition) is 0. The zero-order chi connectivity index (χ0) is 10.3. The molecular weight excluding hydrogens is 240 g/mol. The fourth-order valence-electron chi connectivity index (χ4n) is 1.94. The van der Waals surface area contributed by atoms with Crippen molar-refractivity contribution in [1.29, 1.82) is 5.26 Å². The van der Waals surface area contributed by atoms with Gasteiger partial charge in [-0.3, -0.25) is 4.90 Å². The van der Waals surface area contributed by atoms with Gasteiger partial charge in [0.05, 0.1) is 5.69 Å².